The molecule has 0 bridgehead atoms. The number of nitrogens with one attached hydrogen (secondary N) is 1. The summed E-state index contributed by atoms with van der Waals surface area (Å²) in [6, 6.07) is 0.576. The second-order valence-electron chi connectivity index (χ2n) is 4.19. The lowest BCUT2D eigenvalue weighted by atomic mass is 10.0. The first-order valence-electron chi connectivity index (χ1n) is 5.55. The Morgan fingerprint density at radius 1 is 1.15 bits per heavy atom. The van der Waals surface area contributed by atoms with Crippen LogP contribution >= 0.6 is 0 Å². The molecule has 0 aromatic rings. The van der Waals surface area contributed by atoms with Gasteiger partial charge in [0.1, 0.15) is 0 Å². The molecule has 0 radical (unpaired) electrons. The molecule has 0 spiro atoms. The smallest absolute Gasteiger partial charge is 0.0465 e. The van der Waals surface area contributed by atoms with E-state index in [-0.39, 0.29) is 0 Å². The summed E-state index contributed by atoms with van der Waals surface area (Å²) in [5.41, 5.74) is 1.34. The molecule has 0 aromatic carbocycles. The molecule has 2 heterocycles. The zero-order valence-corrected chi connectivity index (χ0v) is 8.39. The lowest BCUT2D eigenvalue weighted by molar-refractivity contribution is 0.334. The van der Waals surface area contributed by atoms with Gasteiger partial charge in [0, 0.05) is 24.8 Å². The van der Waals surface area contributed by atoms with E-state index in [4.69, 9.17) is 0 Å². The van der Waals surface area contributed by atoms with Crippen LogP contribution in [0.15, 0.2) is 12.3 Å². The maximum absolute atomic E-state index is 4.22. The monoisotopic (exact) mass is 180 g/mol. The van der Waals surface area contributed by atoms with Crippen molar-refractivity contribution in [1.82, 2.24) is 10.2 Å². The number of likely N-dealkylation sites (tertiary alicyclic amines) is 1. The topological polar surface area (TPSA) is 15.3 Å². The first kappa shape index (κ1) is 9.07. The molecule has 2 nitrogen and oxygen atoms in total. The molecule has 2 saturated heterocycles. The van der Waals surface area contributed by atoms with Gasteiger partial charge >= 0.3 is 0 Å². The summed E-state index contributed by atoms with van der Waals surface area (Å²) in [5, 5.41) is 3.55. The molecule has 0 saturated carbocycles. The molecule has 2 heteroatoms. The average molecular weight is 180 g/mol. The van der Waals surface area contributed by atoms with Gasteiger partial charge in [-0.1, -0.05) is 13.0 Å². The third-order valence-electron chi connectivity index (χ3n) is 3.22. The normalized spacial score (nSPS) is 29.2. The van der Waals surface area contributed by atoms with Crippen molar-refractivity contribution in [3.8, 4) is 0 Å². The number of hydrogen-bond donors (Lipinski definition) is 1. The first-order valence-corrected chi connectivity index (χ1v) is 5.55. The van der Waals surface area contributed by atoms with Gasteiger partial charge < -0.3 is 10.2 Å². The highest BCUT2D eigenvalue weighted by atomic mass is 15.2. The summed E-state index contributed by atoms with van der Waals surface area (Å²) in [4.78, 5) is 2.46. The number of nitrogens with zero attached hydrogens (tertiary/aromatic N) is 1. The average Bonchev–Trinajstić information content (AvgIpc) is 2.71. The van der Waals surface area contributed by atoms with Crippen LogP contribution < -0.4 is 5.32 Å². The minimum Gasteiger partial charge on any atom is -0.374 e. The Bertz CT molecular complexity index is 177. The van der Waals surface area contributed by atoms with E-state index in [1.807, 2.05) is 0 Å². The van der Waals surface area contributed by atoms with Gasteiger partial charge in [0.25, 0.3) is 0 Å². The van der Waals surface area contributed by atoms with Crippen molar-refractivity contribution in [3.05, 3.63) is 12.3 Å². The van der Waals surface area contributed by atoms with E-state index in [1.165, 1.54) is 57.4 Å². The van der Waals surface area contributed by atoms with E-state index >= 15 is 0 Å². The number of rotatable bonds is 2. The lowest BCUT2D eigenvalue weighted by Crippen LogP contribution is -2.40. The van der Waals surface area contributed by atoms with Crippen molar-refractivity contribution in [2.45, 2.75) is 38.1 Å². The largest absolute Gasteiger partial charge is 0.374 e. The van der Waals surface area contributed by atoms with Crippen molar-refractivity contribution in [2.24, 2.45) is 0 Å². The number of hydrogen-bond acceptors (Lipinski definition) is 2. The SMILES string of the molecule is C=C([C@H]1CCCCN1)N1CCCC1. The Morgan fingerprint density at radius 3 is 2.54 bits per heavy atom. The fraction of sp³-hybridized carbons (Fsp3) is 0.818. The van der Waals surface area contributed by atoms with E-state index in [1.54, 1.807) is 0 Å². The maximum Gasteiger partial charge on any atom is 0.0465 e. The molecule has 2 rings (SSSR count). The van der Waals surface area contributed by atoms with Gasteiger partial charge in [-0.15, -0.1) is 0 Å². The minimum absolute atomic E-state index is 0.576. The predicted octanol–water partition coefficient (Wildman–Crippen LogP) is 1.74. The van der Waals surface area contributed by atoms with Crippen LogP contribution in [-0.2, 0) is 0 Å². The van der Waals surface area contributed by atoms with Crippen LogP contribution in [-0.4, -0.2) is 30.6 Å². The third kappa shape index (κ3) is 2.05. The van der Waals surface area contributed by atoms with Crippen LogP contribution in [0.1, 0.15) is 32.1 Å². The fourth-order valence-corrected chi connectivity index (χ4v) is 2.36. The minimum atomic E-state index is 0.576. The van der Waals surface area contributed by atoms with Crippen LogP contribution in [0.2, 0.25) is 0 Å². The molecule has 0 amide bonds. The van der Waals surface area contributed by atoms with Gasteiger partial charge in [0.05, 0.1) is 0 Å². The Hall–Kier alpha value is -0.500. The van der Waals surface area contributed by atoms with Crippen LogP contribution in [0, 0.1) is 0 Å². The van der Waals surface area contributed by atoms with Gasteiger partial charge in [-0.2, -0.15) is 0 Å². The highest BCUT2D eigenvalue weighted by Crippen LogP contribution is 2.20. The quantitative estimate of drug-likeness (QED) is 0.696. The van der Waals surface area contributed by atoms with Gasteiger partial charge in [0.15, 0.2) is 0 Å². The zero-order valence-electron chi connectivity index (χ0n) is 8.39. The molecule has 2 aliphatic rings. The maximum atomic E-state index is 4.22. The summed E-state index contributed by atoms with van der Waals surface area (Å²) in [6.07, 6.45) is 6.70. The Morgan fingerprint density at radius 2 is 1.92 bits per heavy atom. The summed E-state index contributed by atoms with van der Waals surface area (Å²) in [5.74, 6) is 0. The highest BCUT2D eigenvalue weighted by Gasteiger charge is 2.21. The molecule has 1 atom stereocenters. The molecule has 2 fully saturated rings. The summed E-state index contributed by atoms with van der Waals surface area (Å²) in [7, 11) is 0. The molecular formula is C11H20N2. The van der Waals surface area contributed by atoms with Crippen LogP contribution in [0.25, 0.3) is 0 Å². The van der Waals surface area contributed by atoms with E-state index in [9.17, 15) is 0 Å². The lowest BCUT2D eigenvalue weighted by Gasteiger charge is -2.31. The van der Waals surface area contributed by atoms with Crippen molar-refractivity contribution in [2.75, 3.05) is 19.6 Å². The van der Waals surface area contributed by atoms with E-state index < -0.39 is 0 Å². The first-order chi connectivity index (χ1) is 6.38. The van der Waals surface area contributed by atoms with Gasteiger partial charge in [0.2, 0.25) is 0 Å². The molecule has 2 aliphatic heterocycles. The van der Waals surface area contributed by atoms with Crippen molar-refractivity contribution in [1.29, 1.82) is 0 Å². The van der Waals surface area contributed by atoms with E-state index in [2.05, 4.69) is 16.8 Å². The molecule has 0 unspecified atom stereocenters. The van der Waals surface area contributed by atoms with Crippen molar-refractivity contribution in [3.63, 3.8) is 0 Å². The Kier molecular flexibility index (Phi) is 2.89. The second kappa shape index (κ2) is 4.14. The van der Waals surface area contributed by atoms with Gasteiger partial charge in [-0.05, 0) is 32.2 Å². The molecular weight excluding hydrogens is 160 g/mol. The molecule has 13 heavy (non-hydrogen) atoms. The molecule has 74 valence electrons. The Balaban J connectivity index is 1.87. The van der Waals surface area contributed by atoms with Gasteiger partial charge in [-0.25, -0.2) is 0 Å². The van der Waals surface area contributed by atoms with Crippen molar-refractivity contribution >= 4 is 0 Å². The molecule has 0 aliphatic carbocycles. The van der Waals surface area contributed by atoms with Crippen LogP contribution in [0.4, 0.5) is 0 Å². The van der Waals surface area contributed by atoms with E-state index in [0.717, 1.165) is 0 Å². The molecule has 1 N–H and O–H groups in total. The van der Waals surface area contributed by atoms with E-state index in [0.29, 0.717) is 6.04 Å². The second-order valence-corrected chi connectivity index (χ2v) is 4.19. The highest BCUT2D eigenvalue weighted by molar-refractivity contribution is 5.06. The van der Waals surface area contributed by atoms with Gasteiger partial charge in [-0.3, -0.25) is 0 Å². The summed E-state index contributed by atoms with van der Waals surface area (Å²) in [6.45, 7) is 7.87. The third-order valence-corrected chi connectivity index (χ3v) is 3.22. The predicted molar refractivity (Wildman–Crippen MR) is 55.6 cm³/mol. The fourth-order valence-electron chi connectivity index (χ4n) is 2.36. The summed E-state index contributed by atoms with van der Waals surface area (Å²) < 4.78 is 0. The van der Waals surface area contributed by atoms with Crippen molar-refractivity contribution < 1.29 is 0 Å². The summed E-state index contributed by atoms with van der Waals surface area (Å²) >= 11 is 0. The standard InChI is InChI=1S/C11H20N2/c1-10(13-8-4-5-9-13)11-6-2-3-7-12-11/h11-12H,1-9H2/t11-/m1/s1. The zero-order chi connectivity index (χ0) is 9.10. The van der Waals surface area contributed by atoms with Crippen LogP contribution in [0.3, 0.4) is 0 Å². The Labute approximate surface area is 81.0 Å². The van der Waals surface area contributed by atoms with Crippen LogP contribution in [0.5, 0.6) is 0 Å². The molecule has 0 aromatic heterocycles. The number of piperidine rings is 1.